The number of hydrogen-bond donors (Lipinski definition) is 1. The molecular formula is C18H22N4O3. The number of aliphatic hydroxyl groups is 1. The summed E-state index contributed by atoms with van der Waals surface area (Å²) in [6, 6.07) is 7.91. The Morgan fingerprint density at radius 3 is 2.80 bits per heavy atom. The van der Waals surface area contributed by atoms with E-state index in [0.717, 1.165) is 23.4 Å². The summed E-state index contributed by atoms with van der Waals surface area (Å²) in [6.45, 7) is 5.03. The molecule has 0 bridgehead atoms. The van der Waals surface area contributed by atoms with Crippen molar-refractivity contribution in [2.75, 3.05) is 13.2 Å². The predicted octanol–water partition coefficient (Wildman–Crippen LogP) is 1.51. The molecule has 2 aromatic heterocycles. The predicted molar refractivity (Wildman–Crippen MR) is 94.1 cm³/mol. The highest BCUT2D eigenvalue weighted by molar-refractivity contribution is 5.34. The fourth-order valence-electron chi connectivity index (χ4n) is 2.95. The fourth-order valence-corrected chi connectivity index (χ4v) is 2.95. The topological polar surface area (TPSA) is 81.7 Å². The SMILES string of the molecule is Cc1ccccc1OCCCn1c(C)c(CCO)c(=O)n2ncnc12. The Morgan fingerprint density at radius 1 is 1.24 bits per heavy atom. The monoisotopic (exact) mass is 342 g/mol. The largest absolute Gasteiger partial charge is 0.493 e. The highest BCUT2D eigenvalue weighted by Gasteiger charge is 2.15. The van der Waals surface area contributed by atoms with Crippen molar-refractivity contribution in [3.8, 4) is 5.75 Å². The van der Waals surface area contributed by atoms with Gasteiger partial charge in [-0.3, -0.25) is 4.79 Å². The summed E-state index contributed by atoms with van der Waals surface area (Å²) in [4.78, 5) is 16.6. The molecule has 0 aliphatic rings. The Morgan fingerprint density at radius 2 is 2.04 bits per heavy atom. The first-order chi connectivity index (χ1) is 12.1. The molecule has 7 heteroatoms. The van der Waals surface area contributed by atoms with Crippen molar-refractivity contribution >= 4 is 5.78 Å². The van der Waals surface area contributed by atoms with Gasteiger partial charge < -0.3 is 14.4 Å². The molecule has 0 unspecified atom stereocenters. The van der Waals surface area contributed by atoms with Crippen LogP contribution in [0.1, 0.15) is 23.2 Å². The Balaban J connectivity index is 1.78. The lowest BCUT2D eigenvalue weighted by Crippen LogP contribution is -2.27. The Bertz CT molecular complexity index is 930. The normalized spacial score (nSPS) is 11.2. The van der Waals surface area contributed by atoms with E-state index in [9.17, 15) is 9.90 Å². The quantitative estimate of drug-likeness (QED) is 0.658. The van der Waals surface area contributed by atoms with Gasteiger partial charge in [-0.25, -0.2) is 0 Å². The van der Waals surface area contributed by atoms with E-state index in [1.165, 1.54) is 10.8 Å². The van der Waals surface area contributed by atoms with Crippen LogP contribution in [0.3, 0.4) is 0 Å². The molecule has 2 heterocycles. The van der Waals surface area contributed by atoms with E-state index in [1.54, 1.807) is 0 Å². The number of fused-ring (bicyclic) bond motifs is 1. The van der Waals surface area contributed by atoms with Crippen LogP contribution in [0.15, 0.2) is 35.4 Å². The molecule has 0 saturated heterocycles. The summed E-state index contributed by atoms with van der Waals surface area (Å²) in [5, 5.41) is 13.2. The molecule has 0 spiro atoms. The standard InChI is InChI=1S/C18H22N4O3/c1-13-6-3-4-7-16(13)25-11-5-9-21-14(2)15(8-10-23)17(24)22-18(21)19-12-20-22/h3-4,6-7,12,23H,5,8-11H2,1-2H3. The maximum absolute atomic E-state index is 12.4. The molecule has 3 rings (SSSR count). The molecule has 0 amide bonds. The summed E-state index contributed by atoms with van der Waals surface area (Å²) in [6.07, 6.45) is 2.44. The van der Waals surface area contributed by atoms with Gasteiger partial charge in [0.15, 0.2) is 0 Å². The lowest BCUT2D eigenvalue weighted by molar-refractivity contribution is 0.295. The van der Waals surface area contributed by atoms with Crippen LogP contribution in [-0.2, 0) is 13.0 Å². The molecule has 0 atom stereocenters. The third-order valence-electron chi connectivity index (χ3n) is 4.30. The third-order valence-corrected chi connectivity index (χ3v) is 4.30. The van der Waals surface area contributed by atoms with E-state index in [0.29, 0.717) is 30.9 Å². The van der Waals surface area contributed by atoms with E-state index in [4.69, 9.17) is 4.74 Å². The Hall–Kier alpha value is -2.67. The van der Waals surface area contributed by atoms with Gasteiger partial charge in [-0.2, -0.15) is 14.6 Å². The van der Waals surface area contributed by atoms with Crippen molar-refractivity contribution in [1.29, 1.82) is 0 Å². The summed E-state index contributed by atoms with van der Waals surface area (Å²) in [7, 11) is 0. The summed E-state index contributed by atoms with van der Waals surface area (Å²) < 4.78 is 9.09. The van der Waals surface area contributed by atoms with Crippen LogP contribution in [-0.4, -0.2) is 37.5 Å². The van der Waals surface area contributed by atoms with Gasteiger partial charge in [-0.15, -0.1) is 0 Å². The Kier molecular flexibility index (Phi) is 5.14. The number of para-hydroxylation sites is 1. The molecule has 0 aliphatic heterocycles. The van der Waals surface area contributed by atoms with E-state index < -0.39 is 0 Å². The molecule has 3 aromatic rings. The zero-order chi connectivity index (χ0) is 17.8. The highest BCUT2D eigenvalue weighted by Crippen LogP contribution is 2.16. The highest BCUT2D eigenvalue weighted by atomic mass is 16.5. The first kappa shape index (κ1) is 17.2. The van der Waals surface area contributed by atoms with Gasteiger partial charge in [0.25, 0.3) is 5.56 Å². The second-order valence-corrected chi connectivity index (χ2v) is 5.93. The smallest absolute Gasteiger partial charge is 0.279 e. The lowest BCUT2D eigenvalue weighted by Gasteiger charge is -2.15. The van der Waals surface area contributed by atoms with Crippen molar-refractivity contribution in [2.24, 2.45) is 0 Å². The molecule has 7 nitrogen and oxygen atoms in total. The summed E-state index contributed by atoms with van der Waals surface area (Å²) in [5.74, 6) is 1.40. The number of ether oxygens (including phenoxy) is 1. The first-order valence-corrected chi connectivity index (χ1v) is 8.34. The van der Waals surface area contributed by atoms with Crippen LogP contribution in [0.25, 0.3) is 5.78 Å². The number of aromatic nitrogens is 4. The van der Waals surface area contributed by atoms with E-state index in [-0.39, 0.29) is 12.2 Å². The molecule has 1 aromatic carbocycles. The number of nitrogens with zero attached hydrogens (tertiary/aromatic N) is 4. The molecule has 0 aliphatic carbocycles. The number of rotatable bonds is 7. The lowest BCUT2D eigenvalue weighted by atomic mass is 10.1. The van der Waals surface area contributed by atoms with Gasteiger partial charge in [-0.1, -0.05) is 18.2 Å². The van der Waals surface area contributed by atoms with Crippen LogP contribution in [0, 0.1) is 13.8 Å². The van der Waals surface area contributed by atoms with Crippen molar-refractivity contribution in [2.45, 2.75) is 33.2 Å². The van der Waals surface area contributed by atoms with Crippen LogP contribution >= 0.6 is 0 Å². The zero-order valence-corrected chi connectivity index (χ0v) is 14.5. The number of aliphatic hydroxyl groups excluding tert-OH is 1. The van der Waals surface area contributed by atoms with E-state index >= 15 is 0 Å². The van der Waals surface area contributed by atoms with Gasteiger partial charge in [0.1, 0.15) is 12.1 Å². The number of aryl methyl sites for hydroxylation is 2. The molecular weight excluding hydrogens is 320 g/mol. The maximum Gasteiger partial charge on any atom is 0.279 e. The van der Waals surface area contributed by atoms with Gasteiger partial charge >= 0.3 is 0 Å². The average Bonchev–Trinajstić information content (AvgIpc) is 3.09. The molecule has 132 valence electrons. The van der Waals surface area contributed by atoms with Crippen LogP contribution in [0.2, 0.25) is 0 Å². The second-order valence-electron chi connectivity index (χ2n) is 5.93. The second kappa shape index (κ2) is 7.48. The van der Waals surface area contributed by atoms with Gasteiger partial charge in [0.05, 0.1) is 6.61 Å². The third kappa shape index (κ3) is 3.41. The first-order valence-electron chi connectivity index (χ1n) is 8.34. The number of benzene rings is 1. The van der Waals surface area contributed by atoms with Gasteiger partial charge in [-0.05, 0) is 31.9 Å². The van der Waals surface area contributed by atoms with E-state index in [1.807, 2.05) is 42.7 Å². The average molecular weight is 342 g/mol. The molecule has 25 heavy (non-hydrogen) atoms. The maximum atomic E-state index is 12.4. The number of hydrogen-bond acceptors (Lipinski definition) is 5. The van der Waals surface area contributed by atoms with Crippen molar-refractivity contribution in [3.05, 3.63) is 57.8 Å². The summed E-state index contributed by atoms with van der Waals surface area (Å²) >= 11 is 0. The minimum Gasteiger partial charge on any atom is -0.493 e. The van der Waals surface area contributed by atoms with Crippen LogP contribution < -0.4 is 10.3 Å². The molecule has 0 radical (unpaired) electrons. The van der Waals surface area contributed by atoms with Crippen molar-refractivity contribution < 1.29 is 9.84 Å². The zero-order valence-electron chi connectivity index (χ0n) is 14.5. The molecule has 0 saturated carbocycles. The van der Waals surface area contributed by atoms with Gasteiger partial charge in [0, 0.05) is 30.8 Å². The molecule has 0 fully saturated rings. The van der Waals surface area contributed by atoms with E-state index in [2.05, 4.69) is 10.1 Å². The fraction of sp³-hybridized carbons (Fsp3) is 0.389. The Labute approximate surface area is 145 Å². The van der Waals surface area contributed by atoms with Gasteiger partial charge in [0.2, 0.25) is 5.78 Å². The van der Waals surface area contributed by atoms with Crippen LogP contribution in [0.4, 0.5) is 0 Å². The van der Waals surface area contributed by atoms with Crippen molar-refractivity contribution in [3.63, 3.8) is 0 Å². The van der Waals surface area contributed by atoms with Crippen LogP contribution in [0.5, 0.6) is 5.75 Å². The van der Waals surface area contributed by atoms with Crippen molar-refractivity contribution in [1.82, 2.24) is 19.2 Å². The minimum atomic E-state index is -0.216. The molecule has 1 N–H and O–H groups in total. The summed E-state index contributed by atoms with van der Waals surface area (Å²) in [5.41, 5.74) is 2.27. The minimum absolute atomic E-state index is 0.0767.